The normalized spacial score (nSPS) is 25.9. The van der Waals surface area contributed by atoms with Crippen LogP contribution in [0.15, 0.2) is 35.5 Å². The van der Waals surface area contributed by atoms with E-state index in [1.165, 1.54) is 0 Å². The topological polar surface area (TPSA) is 99.8 Å². The smallest absolute Gasteiger partial charge is 0.274 e. The van der Waals surface area contributed by atoms with Gasteiger partial charge in [0.25, 0.3) is 11.5 Å². The van der Waals surface area contributed by atoms with E-state index in [0.29, 0.717) is 25.2 Å². The van der Waals surface area contributed by atoms with E-state index in [4.69, 9.17) is 14.5 Å². The predicted octanol–water partition coefficient (Wildman–Crippen LogP) is 3.82. The maximum absolute atomic E-state index is 13.7. The number of hydrogen-bond acceptors (Lipinski definition) is 6. The highest BCUT2D eigenvalue weighted by molar-refractivity contribution is 6.05. The summed E-state index contributed by atoms with van der Waals surface area (Å²) in [4.78, 5) is 35.6. The first-order valence-corrected chi connectivity index (χ1v) is 12.6. The zero-order valence-corrected chi connectivity index (χ0v) is 20.5. The molecule has 3 aromatic heterocycles. The van der Waals surface area contributed by atoms with Crippen molar-refractivity contribution in [2.75, 3.05) is 18.6 Å². The van der Waals surface area contributed by atoms with Gasteiger partial charge in [-0.1, -0.05) is 6.92 Å². The number of amides is 1. The molecule has 6 rings (SSSR count). The highest BCUT2D eigenvalue weighted by Crippen LogP contribution is 2.54. The summed E-state index contributed by atoms with van der Waals surface area (Å²) >= 11 is 0. The molecule has 1 aliphatic heterocycles. The quantitative estimate of drug-likeness (QED) is 0.510. The van der Waals surface area contributed by atoms with Crippen molar-refractivity contribution in [1.82, 2.24) is 18.9 Å². The first-order valence-electron chi connectivity index (χ1n) is 12.6. The van der Waals surface area contributed by atoms with E-state index in [2.05, 4.69) is 10.3 Å². The summed E-state index contributed by atoms with van der Waals surface area (Å²) in [7, 11) is 0. The van der Waals surface area contributed by atoms with Crippen LogP contribution in [0.5, 0.6) is 5.88 Å². The summed E-state index contributed by atoms with van der Waals surface area (Å²) in [5.74, 6) is 0.0765. The van der Waals surface area contributed by atoms with Gasteiger partial charge >= 0.3 is 0 Å². The first kappa shape index (κ1) is 23.1. The molecule has 10 heteroatoms. The Morgan fingerprint density at radius 2 is 2.17 bits per heavy atom. The number of alkyl halides is 1. The molecule has 2 unspecified atom stereocenters. The lowest BCUT2D eigenvalue weighted by Gasteiger charge is -2.25. The summed E-state index contributed by atoms with van der Waals surface area (Å²) < 4.78 is 28.9. The van der Waals surface area contributed by atoms with Crippen LogP contribution in [0.2, 0.25) is 0 Å². The molecule has 0 radical (unpaired) electrons. The second kappa shape index (κ2) is 8.40. The molecule has 3 fully saturated rings. The van der Waals surface area contributed by atoms with Crippen molar-refractivity contribution in [1.29, 1.82) is 0 Å². The number of carbonyl (C=O) groups excluding carboxylic acids is 1. The van der Waals surface area contributed by atoms with Crippen LogP contribution in [-0.4, -0.2) is 49.8 Å². The minimum Gasteiger partial charge on any atom is -0.474 e. The molecule has 0 aromatic carbocycles. The number of fused-ring (bicyclic) bond motifs is 3. The van der Waals surface area contributed by atoms with Gasteiger partial charge in [-0.15, -0.1) is 0 Å². The number of nitrogens with one attached hydrogen (secondary N) is 1. The molecule has 0 spiro atoms. The molecule has 1 saturated heterocycles. The number of halogens is 1. The van der Waals surface area contributed by atoms with Crippen molar-refractivity contribution < 1.29 is 18.7 Å². The Hall–Kier alpha value is -3.27. The SMILES string of the molecule is CC[C@@H](C)Oc1nc2nc(C34CCC(CF)(C3)OC4)cn2cc1C(=O)Nc1cccn(C2CC2)c1=O. The molecular weight excluding hydrogens is 465 g/mol. The second-order valence-electron chi connectivity index (χ2n) is 10.5. The number of anilines is 1. The third-order valence-electron chi connectivity index (χ3n) is 7.87. The van der Waals surface area contributed by atoms with Gasteiger partial charge < -0.3 is 19.4 Å². The molecule has 2 aliphatic carbocycles. The fraction of sp³-hybridized carbons (Fsp3) is 0.538. The van der Waals surface area contributed by atoms with E-state index in [0.717, 1.165) is 31.4 Å². The van der Waals surface area contributed by atoms with Gasteiger partial charge in [-0.05, 0) is 57.6 Å². The standard InChI is InChI=1S/C26H30FN5O4/c1-3-16(2)36-22-18(21(33)28-19-5-4-10-32(23(19)34)17-6-7-17)11-31-12-20(29-24(31)30-22)25-8-9-26(13-25,14-27)35-15-25/h4-5,10-12,16-17H,3,6-9,13-15H2,1-2H3,(H,28,33)/t16-,25?,26?/m1/s1. The van der Waals surface area contributed by atoms with Crippen molar-refractivity contribution in [3.63, 3.8) is 0 Å². The van der Waals surface area contributed by atoms with Crippen molar-refractivity contribution in [2.45, 2.75) is 75.5 Å². The molecule has 1 amide bonds. The number of aromatic nitrogens is 4. The van der Waals surface area contributed by atoms with Gasteiger partial charge in [-0.2, -0.15) is 4.98 Å². The molecule has 4 heterocycles. The lowest BCUT2D eigenvalue weighted by atomic mass is 9.84. The van der Waals surface area contributed by atoms with Crippen LogP contribution in [0.3, 0.4) is 0 Å². The average molecular weight is 496 g/mol. The molecule has 190 valence electrons. The van der Waals surface area contributed by atoms with Gasteiger partial charge in [0, 0.05) is 30.0 Å². The number of rotatable bonds is 8. The molecular formula is C26H30FN5O4. The summed E-state index contributed by atoms with van der Waals surface area (Å²) in [6.45, 7) is 3.81. The lowest BCUT2D eigenvalue weighted by Crippen LogP contribution is -2.29. The van der Waals surface area contributed by atoms with Crippen LogP contribution in [0.25, 0.3) is 5.78 Å². The highest BCUT2D eigenvalue weighted by Gasteiger charge is 2.57. The van der Waals surface area contributed by atoms with E-state index >= 15 is 0 Å². The van der Waals surface area contributed by atoms with Gasteiger partial charge in [-0.25, -0.2) is 9.37 Å². The van der Waals surface area contributed by atoms with Crippen molar-refractivity contribution in [3.05, 3.63) is 52.3 Å². The molecule has 9 nitrogen and oxygen atoms in total. The largest absolute Gasteiger partial charge is 0.474 e. The van der Waals surface area contributed by atoms with Gasteiger partial charge in [0.1, 0.15) is 17.9 Å². The molecule has 2 bridgehead atoms. The molecule has 36 heavy (non-hydrogen) atoms. The van der Waals surface area contributed by atoms with Crippen LogP contribution in [0.1, 0.15) is 74.5 Å². The fourth-order valence-corrected chi connectivity index (χ4v) is 5.36. The van der Waals surface area contributed by atoms with E-state index in [9.17, 15) is 14.0 Å². The Kier molecular flexibility index (Phi) is 5.40. The van der Waals surface area contributed by atoms with Crippen LogP contribution in [0.4, 0.5) is 10.1 Å². The highest BCUT2D eigenvalue weighted by atomic mass is 19.1. The van der Waals surface area contributed by atoms with E-state index in [-0.39, 0.29) is 40.3 Å². The first-order chi connectivity index (χ1) is 17.4. The fourth-order valence-electron chi connectivity index (χ4n) is 5.36. The van der Waals surface area contributed by atoms with E-state index in [1.807, 2.05) is 20.0 Å². The number of ether oxygens (including phenoxy) is 2. The van der Waals surface area contributed by atoms with Crippen molar-refractivity contribution in [2.24, 2.45) is 0 Å². The number of hydrogen-bond donors (Lipinski definition) is 1. The number of pyridine rings is 1. The summed E-state index contributed by atoms with van der Waals surface area (Å²) in [6.07, 6.45) is 9.76. The Labute approximate surface area is 207 Å². The molecule has 1 N–H and O–H groups in total. The monoisotopic (exact) mass is 495 g/mol. The van der Waals surface area contributed by atoms with Gasteiger partial charge in [0.05, 0.1) is 24.0 Å². The van der Waals surface area contributed by atoms with Gasteiger partial charge in [0.15, 0.2) is 0 Å². The van der Waals surface area contributed by atoms with E-state index in [1.54, 1.807) is 33.5 Å². The maximum Gasteiger partial charge on any atom is 0.274 e. The number of imidazole rings is 1. The molecule has 3 aromatic rings. The zero-order chi connectivity index (χ0) is 25.1. The Balaban J connectivity index is 1.36. The Morgan fingerprint density at radius 3 is 2.83 bits per heavy atom. The van der Waals surface area contributed by atoms with Gasteiger partial charge in [-0.3, -0.25) is 14.0 Å². The lowest BCUT2D eigenvalue weighted by molar-refractivity contribution is -0.0356. The van der Waals surface area contributed by atoms with Crippen molar-refractivity contribution >= 4 is 17.4 Å². The summed E-state index contributed by atoms with van der Waals surface area (Å²) in [5, 5.41) is 2.76. The molecule has 2 saturated carbocycles. The minimum absolute atomic E-state index is 0.162. The van der Waals surface area contributed by atoms with Crippen LogP contribution >= 0.6 is 0 Å². The maximum atomic E-state index is 13.7. The van der Waals surface area contributed by atoms with Crippen LogP contribution < -0.4 is 15.6 Å². The van der Waals surface area contributed by atoms with Gasteiger partial charge in [0.2, 0.25) is 11.7 Å². The molecule has 3 aliphatic rings. The minimum atomic E-state index is -0.706. The van der Waals surface area contributed by atoms with Crippen LogP contribution in [0, 0.1) is 0 Å². The second-order valence-corrected chi connectivity index (χ2v) is 10.5. The Bertz CT molecular complexity index is 1390. The average Bonchev–Trinajstić information content (AvgIpc) is 3.37. The third-order valence-corrected chi connectivity index (χ3v) is 7.87. The summed E-state index contributed by atoms with van der Waals surface area (Å²) in [6, 6.07) is 3.57. The van der Waals surface area contributed by atoms with Crippen LogP contribution in [-0.2, 0) is 10.2 Å². The zero-order valence-electron chi connectivity index (χ0n) is 20.5. The van der Waals surface area contributed by atoms with Crippen molar-refractivity contribution in [3.8, 4) is 5.88 Å². The predicted molar refractivity (Wildman–Crippen MR) is 130 cm³/mol. The summed E-state index contributed by atoms with van der Waals surface area (Å²) in [5.41, 5.74) is -0.0802. The number of carbonyl (C=O) groups is 1. The molecule has 3 atom stereocenters. The number of nitrogens with zero attached hydrogens (tertiary/aromatic N) is 4. The Morgan fingerprint density at radius 1 is 1.33 bits per heavy atom. The third kappa shape index (κ3) is 3.78. The van der Waals surface area contributed by atoms with E-state index < -0.39 is 18.2 Å².